The van der Waals surface area contributed by atoms with E-state index < -0.39 is 0 Å². The summed E-state index contributed by atoms with van der Waals surface area (Å²) in [6, 6.07) is 10.5. The van der Waals surface area contributed by atoms with E-state index in [1.54, 1.807) is 25.3 Å². The molecule has 5 nitrogen and oxygen atoms in total. The Labute approximate surface area is 168 Å². The molecule has 3 aromatic rings. The van der Waals surface area contributed by atoms with Crippen LogP contribution in [0.2, 0.25) is 5.02 Å². The van der Waals surface area contributed by atoms with E-state index in [4.69, 9.17) is 26.3 Å². The lowest BCUT2D eigenvalue weighted by Crippen LogP contribution is -2.50. The average Bonchev–Trinajstić information content (AvgIpc) is 2.69. The number of ether oxygens (including phenoxy) is 1. The summed E-state index contributed by atoms with van der Waals surface area (Å²) in [5, 5.41) is 4.66. The number of rotatable bonds is 4. The van der Waals surface area contributed by atoms with E-state index in [0.717, 1.165) is 42.0 Å². The van der Waals surface area contributed by atoms with E-state index >= 15 is 0 Å². The molecule has 4 rings (SSSR count). The van der Waals surface area contributed by atoms with Crippen molar-refractivity contribution in [3.63, 3.8) is 0 Å². The minimum Gasteiger partial charge on any atom is -0.378 e. The Morgan fingerprint density at radius 3 is 2.86 bits per heavy atom. The Bertz CT molecular complexity index is 1010. The summed E-state index contributed by atoms with van der Waals surface area (Å²) in [7, 11) is 1.64. The SMILES string of the molecule is COCc1cc2nc(-c3ccccc3F)c(Cl)cc2c(N2CCNC[C@@H]2C)n1. The van der Waals surface area contributed by atoms with Crippen LogP contribution in [0.4, 0.5) is 10.2 Å². The summed E-state index contributed by atoms with van der Waals surface area (Å²) in [4.78, 5) is 11.8. The molecule has 1 fully saturated rings. The Hall–Kier alpha value is -2.28. The Balaban J connectivity index is 1.92. The first-order valence-corrected chi connectivity index (χ1v) is 9.67. The average molecular weight is 401 g/mol. The summed E-state index contributed by atoms with van der Waals surface area (Å²) >= 11 is 6.55. The van der Waals surface area contributed by atoms with Gasteiger partial charge in [0.2, 0.25) is 0 Å². The molecule has 7 heteroatoms. The van der Waals surface area contributed by atoms with Crippen molar-refractivity contribution in [3.05, 3.63) is 52.9 Å². The van der Waals surface area contributed by atoms with Gasteiger partial charge in [-0.3, -0.25) is 0 Å². The molecule has 0 aliphatic carbocycles. The quantitative estimate of drug-likeness (QED) is 0.716. The fraction of sp³-hybridized carbons (Fsp3) is 0.333. The molecule has 0 bridgehead atoms. The molecule has 0 saturated carbocycles. The number of methoxy groups -OCH3 is 1. The first kappa shape index (κ1) is 19.1. The second-order valence-corrected chi connectivity index (χ2v) is 7.39. The number of hydrogen-bond donors (Lipinski definition) is 1. The van der Waals surface area contributed by atoms with Crippen LogP contribution in [-0.4, -0.2) is 42.8 Å². The van der Waals surface area contributed by atoms with Crippen molar-refractivity contribution in [2.45, 2.75) is 19.6 Å². The molecule has 0 unspecified atom stereocenters. The highest BCUT2D eigenvalue weighted by Gasteiger charge is 2.23. The van der Waals surface area contributed by atoms with E-state index in [9.17, 15) is 4.39 Å². The van der Waals surface area contributed by atoms with Gasteiger partial charge in [-0.15, -0.1) is 0 Å². The second kappa shape index (κ2) is 7.99. The van der Waals surface area contributed by atoms with Crippen LogP contribution >= 0.6 is 11.6 Å². The third-order valence-electron chi connectivity index (χ3n) is 4.99. The van der Waals surface area contributed by atoms with Gasteiger partial charge in [0.1, 0.15) is 11.6 Å². The number of anilines is 1. The van der Waals surface area contributed by atoms with Crippen LogP contribution in [0.5, 0.6) is 0 Å². The summed E-state index contributed by atoms with van der Waals surface area (Å²) in [6.45, 7) is 5.14. The van der Waals surface area contributed by atoms with Gasteiger partial charge in [-0.25, -0.2) is 14.4 Å². The van der Waals surface area contributed by atoms with Crippen LogP contribution in [0.3, 0.4) is 0 Å². The minimum absolute atomic E-state index is 0.285. The van der Waals surface area contributed by atoms with E-state index in [2.05, 4.69) is 17.1 Å². The van der Waals surface area contributed by atoms with E-state index in [1.165, 1.54) is 6.07 Å². The summed E-state index contributed by atoms with van der Waals surface area (Å²) < 4.78 is 19.6. The van der Waals surface area contributed by atoms with Gasteiger partial charge >= 0.3 is 0 Å². The summed E-state index contributed by atoms with van der Waals surface area (Å²) in [5.74, 6) is 0.492. The van der Waals surface area contributed by atoms with Crippen molar-refractivity contribution in [1.82, 2.24) is 15.3 Å². The van der Waals surface area contributed by atoms with Crippen molar-refractivity contribution in [2.24, 2.45) is 0 Å². The fourth-order valence-corrected chi connectivity index (χ4v) is 3.87. The largest absolute Gasteiger partial charge is 0.378 e. The van der Waals surface area contributed by atoms with Gasteiger partial charge in [0, 0.05) is 43.7 Å². The molecule has 0 radical (unpaired) electrons. The maximum absolute atomic E-state index is 14.3. The lowest BCUT2D eigenvalue weighted by Gasteiger charge is -2.35. The molecule has 1 aromatic carbocycles. The molecule has 0 spiro atoms. The normalized spacial score (nSPS) is 17.3. The first-order chi connectivity index (χ1) is 13.6. The standard InChI is InChI=1S/C21H22ClFN4O/c1-13-11-24-7-8-27(13)21-16-10-17(22)20(15-5-3-4-6-18(15)23)26-19(16)9-14(25-21)12-28-2/h3-6,9-10,13,24H,7-8,11-12H2,1-2H3/t13-/m0/s1. The minimum atomic E-state index is -0.349. The molecule has 1 N–H and O–H groups in total. The van der Waals surface area contributed by atoms with Crippen LogP contribution < -0.4 is 10.2 Å². The molecule has 28 heavy (non-hydrogen) atoms. The number of piperazine rings is 1. The topological polar surface area (TPSA) is 50.3 Å². The predicted molar refractivity (Wildman–Crippen MR) is 110 cm³/mol. The Morgan fingerprint density at radius 2 is 2.11 bits per heavy atom. The fourth-order valence-electron chi connectivity index (χ4n) is 3.62. The zero-order valence-corrected chi connectivity index (χ0v) is 16.6. The molecule has 1 aliphatic rings. The monoisotopic (exact) mass is 400 g/mol. The lowest BCUT2D eigenvalue weighted by atomic mass is 10.1. The number of nitrogens with zero attached hydrogens (tertiary/aromatic N) is 3. The Kier molecular flexibility index (Phi) is 5.44. The number of benzene rings is 1. The zero-order chi connectivity index (χ0) is 19.7. The zero-order valence-electron chi connectivity index (χ0n) is 15.9. The third-order valence-corrected chi connectivity index (χ3v) is 5.28. The molecule has 3 heterocycles. The van der Waals surface area contributed by atoms with Crippen LogP contribution in [0.25, 0.3) is 22.2 Å². The lowest BCUT2D eigenvalue weighted by molar-refractivity contribution is 0.181. The molecule has 1 atom stereocenters. The number of fused-ring (bicyclic) bond motifs is 1. The van der Waals surface area contributed by atoms with E-state index in [0.29, 0.717) is 22.9 Å². The molecule has 0 amide bonds. The number of aromatic nitrogens is 2. The van der Waals surface area contributed by atoms with Gasteiger partial charge in [-0.1, -0.05) is 23.7 Å². The van der Waals surface area contributed by atoms with Crippen LogP contribution in [0.1, 0.15) is 12.6 Å². The van der Waals surface area contributed by atoms with Crippen molar-refractivity contribution in [2.75, 3.05) is 31.6 Å². The number of halogens is 2. The highest BCUT2D eigenvalue weighted by molar-refractivity contribution is 6.34. The smallest absolute Gasteiger partial charge is 0.138 e. The molecular formula is C21H22ClFN4O. The second-order valence-electron chi connectivity index (χ2n) is 6.98. The number of nitrogens with one attached hydrogen (secondary N) is 1. The van der Waals surface area contributed by atoms with Crippen molar-refractivity contribution in [3.8, 4) is 11.3 Å². The summed E-state index contributed by atoms with van der Waals surface area (Å²) in [6.07, 6.45) is 0. The molecule has 146 valence electrons. The van der Waals surface area contributed by atoms with E-state index in [-0.39, 0.29) is 11.9 Å². The van der Waals surface area contributed by atoms with Crippen LogP contribution in [0.15, 0.2) is 36.4 Å². The number of hydrogen-bond acceptors (Lipinski definition) is 5. The van der Waals surface area contributed by atoms with Crippen molar-refractivity contribution >= 4 is 28.3 Å². The predicted octanol–water partition coefficient (Wildman–Crippen LogP) is 4.03. The molecular weight excluding hydrogens is 379 g/mol. The molecule has 2 aromatic heterocycles. The third kappa shape index (κ3) is 3.55. The molecule has 1 saturated heterocycles. The maximum atomic E-state index is 14.3. The van der Waals surface area contributed by atoms with Crippen LogP contribution in [-0.2, 0) is 11.3 Å². The molecule has 1 aliphatic heterocycles. The van der Waals surface area contributed by atoms with Crippen molar-refractivity contribution in [1.29, 1.82) is 0 Å². The highest BCUT2D eigenvalue weighted by atomic mass is 35.5. The maximum Gasteiger partial charge on any atom is 0.138 e. The van der Waals surface area contributed by atoms with Gasteiger partial charge < -0.3 is 15.0 Å². The summed E-state index contributed by atoms with van der Waals surface area (Å²) in [5.41, 5.74) is 2.33. The number of pyridine rings is 2. The van der Waals surface area contributed by atoms with Gasteiger partial charge in [0.05, 0.1) is 28.5 Å². The van der Waals surface area contributed by atoms with Gasteiger partial charge in [0.15, 0.2) is 0 Å². The Morgan fingerprint density at radius 1 is 1.29 bits per heavy atom. The van der Waals surface area contributed by atoms with Gasteiger partial charge in [0.25, 0.3) is 0 Å². The van der Waals surface area contributed by atoms with E-state index in [1.807, 2.05) is 12.1 Å². The first-order valence-electron chi connectivity index (χ1n) is 9.30. The highest BCUT2D eigenvalue weighted by Crippen LogP contribution is 2.35. The van der Waals surface area contributed by atoms with Gasteiger partial charge in [-0.05, 0) is 31.2 Å². The van der Waals surface area contributed by atoms with Crippen molar-refractivity contribution < 1.29 is 9.13 Å². The van der Waals surface area contributed by atoms with Gasteiger partial charge in [-0.2, -0.15) is 0 Å². The van der Waals surface area contributed by atoms with Crippen LogP contribution in [0, 0.1) is 5.82 Å².